The van der Waals surface area contributed by atoms with Crippen LogP contribution >= 0.6 is 11.6 Å². The van der Waals surface area contributed by atoms with Crippen molar-refractivity contribution in [1.29, 1.82) is 0 Å². The molecule has 0 aliphatic heterocycles. The summed E-state index contributed by atoms with van der Waals surface area (Å²) in [6.07, 6.45) is 0. The zero-order valence-corrected chi connectivity index (χ0v) is 9.16. The average Bonchev–Trinajstić information content (AvgIpc) is 2.29. The highest BCUT2D eigenvalue weighted by atomic mass is 35.5. The normalized spacial score (nSPS) is 10.0. The first-order chi connectivity index (χ1) is 7.31. The second-order valence-electron chi connectivity index (χ2n) is 3.21. The van der Waals surface area contributed by atoms with Gasteiger partial charge in [0.15, 0.2) is 0 Å². The lowest BCUT2D eigenvalue weighted by Gasteiger charge is -2.08. The third kappa shape index (κ3) is 2.13. The van der Waals surface area contributed by atoms with Crippen LogP contribution in [0.15, 0.2) is 48.5 Å². The van der Waals surface area contributed by atoms with E-state index in [0.29, 0.717) is 0 Å². The Balaban J connectivity index is 2.53. The second-order valence-corrected chi connectivity index (χ2v) is 3.65. The maximum atomic E-state index is 5.95. The quantitative estimate of drug-likeness (QED) is 0.740. The van der Waals surface area contributed by atoms with Crippen LogP contribution in [-0.2, 0) is 0 Å². The summed E-state index contributed by atoms with van der Waals surface area (Å²) in [4.78, 5) is 0. The van der Waals surface area contributed by atoms with Gasteiger partial charge < -0.3 is 4.74 Å². The fourth-order valence-corrected chi connectivity index (χ4v) is 1.73. The molecule has 2 aromatic rings. The zero-order valence-electron chi connectivity index (χ0n) is 8.41. The van der Waals surface area contributed by atoms with Crippen molar-refractivity contribution >= 4 is 11.6 Å². The minimum Gasteiger partial charge on any atom is -0.496 e. The summed E-state index contributed by atoms with van der Waals surface area (Å²) in [5.74, 6) is 0.861. The highest BCUT2D eigenvalue weighted by molar-refractivity contribution is 6.30. The van der Waals surface area contributed by atoms with Gasteiger partial charge in [0.05, 0.1) is 7.11 Å². The Morgan fingerprint density at radius 3 is 2.53 bits per heavy atom. The molecule has 2 heteroatoms. The molecule has 0 atom stereocenters. The van der Waals surface area contributed by atoms with E-state index in [1.165, 1.54) is 0 Å². The molecular weight excluding hydrogens is 208 g/mol. The van der Waals surface area contributed by atoms with Gasteiger partial charge in [-0.25, -0.2) is 0 Å². The summed E-state index contributed by atoms with van der Waals surface area (Å²) in [5.41, 5.74) is 2.13. The van der Waals surface area contributed by atoms with E-state index < -0.39 is 0 Å². The van der Waals surface area contributed by atoms with Crippen molar-refractivity contribution in [1.82, 2.24) is 0 Å². The van der Waals surface area contributed by atoms with E-state index in [-0.39, 0.29) is 0 Å². The molecule has 0 saturated carbocycles. The number of hydrogen-bond donors (Lipinski definition) is 0. The van der Waals surface area contributed by atoms with Crippen LogP contribution in [0.3, 0.4) is 0 Å². The standard InChI is InChI=1S/C13H11ClO/c1-15-13-8-3-2-7-12(13)10-5-4-6-11(14)9-10/h2-9H,1H3. The number of benzene rings is 2. The smallest absolute Gasteiger partial charge is 0.126 e. The molecule has 2 aromatic carbocycles. The molecule has 2 rings (SSSR count). The first kappa shape index (κ1) is 10.1. The molecule has 0 unspecified atom stereocenters. The third-order valence-electron chi connectivity index (χ3n) is 2.24. The molecule has 0 aliphatic carbocycles. The van der Waals surface area contributed by atoms with Crippen molar-refractivity contribution in [3.05, 3.63) is 53.6 Å². The van der Waals surface area contributed by atoms with Gasteiger partial charge in [-0.1, -0.05) is 41.9 Å². The van der Waals surface area contributed by atoms with Gasteiger partial charge >= 0.3 is 0 Å². The van der Waals surface area contributed by atoms with Gasteiger partial charge in [0.2, 0.25) is 0 Å². The number of hydrogen-bond acceptors (Lipinski definition) is 1. The molecule has 15 heavy (non-hydrogen) atoms. The lowest BCUT2D eigenvalue weighted by Crippen LogP contribution is -1.86. The number of halogens is 1. The number of rotatable bonds is 2. The van der Waals surface area contributed by atoms with E-state index in [1.54, 1.807) is 7.11 Å². The van der Waals surface area contributed by atoms with Crippen LogP contribution in [-0.4, -0.2) is 7.11 Å². The summed E-state index contributed by atoms with van der Waals surface area (Å²) >= 11 is 5.95. The van der Waals surface area contributed by atoms with E-state index in [2.05, 4.69) is 0 Å². The molecule has 0 bridgehead atoms. The SMILES string of the molecule is COc1ccccc1-c1cccc(Cl)c1. The average molecular weight is 219 g/mol. The van der Waals surface area contributed by atoms with Crippen molar-refractivity contribution in [3.8, 4) is 16.9 Å². The highest BCUT2D eigenvalue weighted by Crippen LogP contribution is 2.30. The van der Waals surface area contributed by atoms with Crippen molar-refractivity contribution in [2.75, 3.05) is 7.11 Å². The molecule has 0 N–H and O–H groups in total. The molecule has 1 nitrogen and oxygen atoms in total. The predicted octanol–water partition coefficient (Wildman–Crippen LogP) is 4.02. The van der Waals surface area contributed by atoms with Gasteiger partial charge in [-0.3, -0.25) is 0 Å². The highest BCUT2D eigenvalue weighted by Gasteiger charge is 2.04. The molecule has 0 saturated heterocycles. The van der Waals surface area contributed by atoms with Crippen molar-refractivity contribution in [2.24, 2.45) is 0 Å². The molecule has 0 fully saturated rings. The molecular formula is C13H11ClO. The summed E-state index contributed by atoms with van der Waals surface area (Å²) < 4.78 is 5.30. The second kappa shape index (κ2) is 4.37. The molecule has 0 heterocycles. The lowest BCUT2D eigenvalue weighted by atomic mass is 10.1. The minimum atomic E-state index is 0.735. The van der Waals surface area contributed by atoms with Crippen LogP contribution in [0.1, 0.15) is 0 Å². The van der Waals surface area contributed by atoms with Crippen LogP contribution in [0, 0.1) is 0 Å². The van der Waals surface area contributed by atoms with E-state index in [4.69, 9.17) is 16.3 Å². The predicted molar refractivity (Wildman–Crippen MR) is 63.4 cm³/mol. The molecule has 0 aromatic heterocycles. The van der Waals surface area contributed by atoms with Gasteiger partial charge in [-0.15, -0.1) is 0 Å². The molecule has 76 valence electrons. The van der Waals surface area contributed by atoms with Crippen molar-refractivity contribution < 1.29 is 4.74 Å². The lowest BCUT2D eigenvalue weighted by molar-refractivity contribution is 0.416. The van der Waals surface area contributed by atoms with Gasteiger partial charge in [0.25, 0.3) is 0 Å². The van der Waals surface area contributed by atoms with E-state index in [1.807, 2.05) is 48.5 Å². The maximum Gasteiger partial charge on any atom is 0.126 e. The first-order valence-corrected chi connectivity index (χ1v) is 5.08. The monoisotopic (exact) mass is 218 g/mol. The molecule has 0 aliphatic rings. The Labute approximate surface area is 94.3 Å². The topological polar surface area (TPSA) is 9.23 Å². The van der Waals surface area contributed by atoms with Gasteiger partial charge in [-0.05, 0) is 23.8 Å². The summed E-state index contributed by atoms with van der Waals surface area (Å²) in [5, 5.41) is 0.735. The maximum absolute atomic E-state index is 5.95. The van der Waals surface area contributed by atoms with Crippen LogP contribution in [0.25, 0.3) is 11.1 Å². The largest absolute Gasteiger partial charge is 0.496 e. The zero-order chi connectivity index (χ0) is 10.7. The van der Waals surface area contributed by atoms with Crippen LogP contribution in [0.4, 0.5) is 0 Å². The fourth-order valence-electron chi connectivity index (χ4n) is 1.54. The van der Waals surface area contributed by atoms with E-state index >= 15 is 0 Å². The fraction of sp³-hybridized carbons (Fsp3) is 0.0769. The van der Waals surface area contributed by atoms with Crippen molar-refractivity contribution in [3.63, 3.8) is 0 Å². The Hall–Kier alpha value is -1.47. The third-order valence-corrected chi connectivity index (χ3v) is 2.48. The Bertz CT molecular complexity index is 466. The van der Waals surface area contributed by atoms with E-state index in [0.717, 1.165) is 21.9 Å². The number of ether oxygens (including phenoxy) is 1. The molecule has 0 spiro atoms. The summed E-state index contributed by atoms with van der Waals surface area (Å²) in [7, 11) is 1.67. The Morgan fingerprint density at radius 2 is 1.80 bits per heavy atom. The molecule has 0 amide bonds. The van der Waals surface area contributed by atoms with E-state index in [9.17, 15) is 0 Å². The first-order valence-electron chi connectivity index (χ1n) is 4.70. The molecule has 0 radical (unpaired) electrons. The van der Waals surface area contributed by atoms with Gasteiger partial charge in [-0.2, -0.15) is 0 Å². The number of methoxy groups -OCH3 is 1. The Morgan fingerprint density at radius 1 is 1.00 bits per heavy atom. The van der Waals surface area contributed by atoms with Crippen LogP contribution in [0.5, 0.6) is 5.75 Å². The van der Waals surface area contributed by atoms with Crippen LogP contribution in [0.2, 0.25) is 5.02 Å². The van der Waals surface area contributed by atoms with Crippen LogP contribution < -0.4 is 4.74 Å². The van der Waals surface area contributed by atoms with Crippen molar-refractivity contribution in [2.45, 2.75) is 0 Å². The Kier molecular flexibility index (Phi) is 2.93. The summed E-state index contributed by atoms with van der Waals surface area (Å²) in [6.45, 7) is 0. The summed E-state index contributed by atoms with van der Waals surface area (Å²) in [6, 6.07) is 15.6. The minimum absolute atomic E-state index is 0.735. The van der Waals surface area contributed by atoms with Gasteiger partial charge in [0, 0.05) is 10.6 Å². The number of para-hydroxylation sites is 1. The van der Waals surface area contributed by atoms with Gasteiger partial charge in [0.1, 0.15) is 5.75 Å².